The lowest BCUT2D eigenvalue weighted by molar-refractivity contribution is 0.104. The molecule has 22 heavy (non-hydrogen) atoms. The van der Waals surface area contributed by atoms with Crippen molar-refractivity contribution in [2.45, 2.75) is 0 Å². The van der Waals surface area contributed by atoms with E-state index >= 15 is 0 Å². The van der Waals surface area contributed by atoms with E-state index in [1.54, 1.807) is 43.5 Å². The Labute approximate surface area is 137 Å². The molecule has 1 N–H and O–H groups in total. The van der Waals surface area contributed by atoms with Crippen LogP contribution in [0.4, 0.5) is 0 Å². The number of hydrogen-bond donors (Lipinski definition) is 1. The summed E-state index contributed by atoms with van der Waals surface area (Å²) in [6, 6.07) is 10.1. The Morgan fingerprint density at radius 2 is 1.95 bits per heavy atom. The van der Waals surface area contributed by atoms with Gasteiger partial charge >= 0.3 is 0 Å². The van der Waals surface area contributed by atoms with Crippen molar-refractivity contribution in [2.24, 2.45) is 0 Å². The van der Waals surface area contributed by atoms with Gasteiger partial charge in [-0.05, 0) is 46.3 Å². The maximum absolute atomic E-state index is 12.2. The van der Waals surface area contributed by atoms with Crippen LogP contribution < -0.4 is 9.47 Å². The van der Waals surface area contributed by atoms with Crippen molar-refractivity contribution in [3.8, 4) is 17.2 Å². The summed E-state index contributed by atoms with van der Waals surface area (Å²) in [7, 11) is 3.06. The van der Waals surface area contributed by atoms with Crippen LogP contribution in [0.1, 0.15) is 15.9 Å². The first-order chi connectivity index (χ1) is 10.5. The van der Waals surface area contributed by atoms with Crippen molar-refractivity contribution in [2.75, 3.05) is 14.2 Å². The Morgan fingerprint density at radius 1 is 1.18 bits per heavy atom. The molecule has 0 fully saturated rings. The Morgan fingerprint density at radius 3 is 2.64 bits per heavy atom. The van der Waals surface area contributed by atoms with E-state index in [9.17, 15) is 9.90 Å². The van der Waals surface area contributed by atoms with Crippen LogP contribution in [0.3, 0.4) is 0 Å². The molecule has 0 aliphatic heterocycles. The smallest absolute Gasteiger partial charge is 0.185 e. The molecule has 0 unspecified atom stereocenters. The number of phenolic OH excluding ortho intramolecular Hbond substituents is 1. The average Bonchev–Trinajstić information content (AvgIpc) is 2.55. The predicted molar refractivity (Wildman–Crippen MR) is 88.7 cm³/mol. The minimum absolute atomic E-state index is 0.0770. The van der Waals surface area contributed by atoms with Gasteiger partial charge in [0.15, 0.2) is 5.78 Å². The van der Waals surface area contributed by atoms with Gasteiger partial charge in [-0.1, -0.05) is 12.1 Å². The number of benzene rings is 2. The molecule has 0 amide bonds. The molecule has 0 saturated heterocycles. The molecule has 0 spiro atoms. The van der Waals surface area contributed by atoms with Crippen molar-refractivity contribution < 1.29 is 19.4 Å². The molecule has 0 aliphatic carbocycles. The predicted octanol–water partition coefficient (Wildman–Crippen LogP) is 4.07. The zero-order chi connectivity index (χ0) is 16.1. The summed E-state index contributed by atoms with van der Waals surface area (Å²) < 4.78 is 10.8. The number of phenols is 1. The number of halogens is 1. The number of ketones is 1. The van der Waals surface area contributed by atoms with E-state index in [2.05, 4.69) is 15.9 Å². The number of aromatic hydroxyl groups is 1. The first-order valence-electron chi connectivity index (χ1n) is 6.48. The number of carbonyl (C=O) groups is 1. The lowest BCUT2D eigenvalue weighted by Gasteiger charge is -2.07. The largest absolute Gasteiger partial charge is 0.507 e. The molecule has 114 valence electrons. The highest BCUT2D eigenvalue weighted by Gasteiger charge is 2.08. The first-order valence-corrected chi connectivity index (χ1v) is 7.27. The van der Waals surface area contributed by atoms with Crippen LogP contribution in [0, 0.1) is 0 Å². The quantitative estimate of drug-likeness (QED) is 0.643. The molecule has 0 bridgehead atoms. The molecule has 0 atom stereocenters. The topological polar surface area (TPSA) is 55.8 Å². The van der Waals surface area contributed by atoms with Gasteiger partial charge in [-0.3, -0.25) is 4.79 Å². The first kappa shape index (κ1) is 16.1. The molecule has 0 saturated carbocycles. The van der Waals surface area contributed by atoms with Crippen molar-refractivity contribution in [3.05, 3.63) is 58.1 Å². The summed E-state index contributed by atoms with van der Waals surface area (Å²) in [5.41, 5.74) is 1.22. The molecule has 0 heterocycles. The molecule has 2 rings (SSSR count). The van der Waals surface area contributed by atoms with Crippen LogP contribution in [0.25, 0.3) is 6.08 Å². The number of methoxy groups -OCH3 is 2. The van der Waals surface area contributed by atoms with Crippen LogP contribution in [-0.4, -0.2) is 25.1 Å². The fourth-order valence-corrected chi connectivity index (χ4v) is 2.26. The molecular formula is C17H15BrO4. The minimum atomic E-state index is -0.148. The number of allylic oxidation sites excluding steroid dienone is 1. The van der Waals surface area contributed by atoms with E-state index in [-0.39, 0.29) is 11.5 Å². The fraction of sp³-hybridized carbons (Fsp3) is 0.118. The number of rotatable bonds is 5. The molecule has 2 aromatic carbocycles. The van der Waals surface area contributed by atoms with E-state index in [0.717, 1.165) is 0 Å². The van der Waals surface area contributed by atoms with Crippen molar-refractivity contribution >= 4 is 27.8 Å². The van der Waals surface area contributed by atoms with E-state index < -0.39 is 0 Å². The van der Waals surface area contributed by atoms with E-state index in [0.29, 0.717) is 27.1 Å². The van der Waals surface area contributed by atoms with Gasteiger partial charge in [0.05, 0.1) is 18.7 Å². The normalized spacial score (nSPS) is 10.7. The number of ether oxygens (including phenoxy) is 2. The number of carbonyl (C=O) groups excluding carboxylic acids is 1. The van der Waals surface area contributed by atoms with Gasteiger partial charge in [0, 0.05) is 17.2 Å². The third kappa shape index (κ3) is 3.68. The molecule has 2 aromatic rings. The standard InChI is InChI=1S/C17H15BrO4/c1-21-13-5-3-4-11(8-13)15(19)7-6-12-9-14(18)16(20)10-17(12)22-2/h3-10,20H,1-2H3/b7-6+. The lowest BCUT2D eigenvalue weighted by Crippen LogP contribution is -1.95. The summed E-state index contributed by atoms with van der Waals surface area (Å²) in [6.07, 6.45) is 3.10. The van der Waals surface area contributed by atoms with E-state index in [1.807, 2.05) is 0 Å². The highest BCUT2D eigenvalue weighted by molar-refractivity contribution is 9.10. The van der Waals surface area contributed by atoms with E-state index in [4.69, 9.17) is 9.47 Å². The molecule has 0 radical (unpaired) electrons. The number of hydrogen-bond acceptors (Lipinski definition) is 4. The van der Waals surface area contributed by atoms with Gasteiger partial charge in [0.2, 0.25) is 0 Å². The Kier molecular flexibility index (Phi) is 5.22. The maximum Gasteiger partial charge on any atom is 0.185 e. The van der Waals surface area contributed by atoms with E-state index in [1.165, 1.54) is 19.3 Å². The van der Waals surface area contributed by atoms with Gasteiger partial charge in [-0.15, -0.1) is 0 Å². The van der Waals surface area contributed by atoms with Crippen LogP contribution >= 0.6 is 15.9 Å². The third-order valence-corrected chi connectivity index (χ3v) is 3.70. The van der Waals surface area contributed by atoms with Crippen LogP contribution in [0.5, 0.6) is 17.2 Å². The molecule has 5 heteroatoms. The molecule has 0 aliphatic rings. The average molecular weight is 363 g/mol. The van der Waals surface area contributed by atoms with Crippen LogP contribution in [0.2, 0.25) is 0 Å². The monoisotopic (exact) mass is 362 g/mol. The zero-order valence-corrected chi connectivity index (χ0v) is 13.8. The third-order valence-electron chi connectivity index (χ3n) is 3.07. The summed E-state index contributed by atoms with van der Waals surface area (Å²) in [4.78, 5) is 12.2. The highest BCUT2D eigenvalue weighted by Crippen LogP contribution is 2.32. The molecule has 4 nitrogen and oxygen atoms in total. The van der Waals surface area contributed by atoms with Crippen LogP contribution in [0.15, 0.2) is 46.9 Å². The van der Waals surface area contributed by atoms with Gasteiger partial charge in [0.1, 0.15) is 17.2 Å². The summed E-state index contributed by atoms with van der Waals surface area (Å²) in [5.74, 6) is 1.04. The SMILES string of the molecule is COc1cccc(C(=O)/C=C/c2cc(Br)c(O)cc2OC)c1. The van der Waals surface area contributed by atoms with Gasteiger partial charge in [0.25, 0.3) is 0 Å². The summed E-state index contributed by atoms with van der Waals surface area (Å²) in [6.45, 7) is 0. The second-order valence-corrected chi connectivity index (χ2v) is 5.33. The summed E-state index contributed by atoms with van der Waals surface area (Å²) in [5, 5.41) is 9.64. The highest BCUT2D eigenvalue weighted by atomic mass is 79.9. The van der Waals surface area contributed by atoms with Crippen molar-refractivity contribution in [3.63, 3.8) is 0 Å². The zero-order valence-electron chi connectivity index (χ0n) is 12.2. The fourth-order valence-electron chi connectivity index (χ4n) is 1.90. The Balaban J connectivity index is 2.27. The summed E-state index contributed by atoms with van der Waals surface area (Å²) >= 11 is 3.24. The second-order valence-electron chi connectivity index (χ2n) is 4.48. The van der Waals surface area contributed by atoms with Crippen molar-refractivity contribution in [1.29, 1.82) is 0 Å². The van der Waals surface area contributed by atoms with Gasteiger partial charge in [-0.25, -0.2) is 0 Å². The minimum Gasteiger partial charge on any atom is -0.507 e. The van der Waals surface area contributed by atoms with Crippen LogP contribution in [-0.2, 0) is 0 Å². The van der Waals surface area contributed by atoms with Gasteiger partial charge in [-0.2, -0.15) is 0 Å². The second kappa shape index (κ2) is 7.13. The molecule has 0 aromatic heterocycles. The maximum atomic E-state index is 12.2. The van der Waals surface area contributed by atoms with Gasteiger partial charge < -0.3 is 14.6 Å². The Hall–Kier alpha value is -2.27. The molecular weight excluding hydrogens is 348 g/mol. The van der Waals surface area contributed by atoms with Crippen molar-refractivity contribution in [1.82, 2.24) is 0 Å². The lowest BCUT2D eigenvalue weighted by atomic mass is 10.1. The Bertz CT molecular complexity index is 723.